The quantitative estimate of drug-likeness (QED) is 0.289. The number of halogens is 1. The fraction of sp³-hybridized carbons (Fsp3) is 0.500. The largest absolute Gasteiger partial charge is 0.369 e. The zero-order valence-electron chi connectivity index (χ0n) is 13.9. The fourth-order valence-corrected chi connectivity index (χ4v) is 2.46. The van der Waals surface area contributed by atoms with Gasteiger partial charge in [0.1, 0.15) is 0 Å². The van der Waals surface area contributed by atoms with Crippen LogP contribution in [0, 0.1) is 5.41 Å². The molecule has 4 N–H and O–H groups in total. The Morgan fingerprint density at radius 1 is 1.30 bits per heavy atom. The Morgan fingerprint density at radius 2 is 1.96 bits per heavy atom. The zero-order chi connectivity index (χ0) is 17.3. The first-order chi connectivity index (χ1) is 10.8. The van der Waals surface area contributed by atoms with Crippen LogP contribution in [-0.2, 0) is 4.79 Å². The lowest BCUT2D eigenvalue weighted by atomic mass is 9.93. The van der Waals surface area contributed by atoms with Crippen LogP contribution in [0.5, 0.6) is 0 Å². The number of rotatable bonds is 8. The van der Waals surface area contributed by atoms with Crippen LogP contribution < -0.4 is 16.4 Å². The lowest BCUT2D eigenvalue weighted by Crippen LogP contribution is -2.40. The van der Waals surface area contributed by atoms with Crippen LogP contribution in [0.4, 0.5) is 0 Å². The number of benzene rings is 1. The minimum atomic E-state index is -0.652. The summed E-state index contributed by atoms with van der Waals surface area (Å²) in [4.78, 5) is 16.9. The molecule has 23 heavy (non-hydrogen) atoms. The van der Waals surface area contributed by atoms with Crippen LogP contribution in [0.25, 0.3) is 0 Å². The number of nitrogens with one attached hydrogen (secondary N) is 2. The number of hydrogen-bond acceptors (Lipinski definition) is 3. The van der Waals surface area contributed by atoms with Gasteiger partial charge in [0.2, 0.25) is 5.91 Å². The van der Waals surface area contributed by atoms with Crippen LogP contribution in [0.2, 0.25) is 5.02 Å². The summed E-state index contributed by atoms with van der Waals surface area (Å²) in [5.41, 5.74) is 4.71. The highest BCUT2D eigenvalue weighted by Gasteiger charge is 2.24. The number of primary amides is 1. The van der Waals surface area contributed by atoms with E-state index in [4.69, 9.17) is 17.3 Å². The van der Waals surface area contributed by atoms with E-state index in [9.17, 15) is 4.79 Å². The smallest absolute Gasteiger partial charge is 0.224 e. The van der Waals surface area contributed by atoms with Gasteiger partial charge in [0.15, 0.2) is 5.96 Å². The maximum atomic E-state index is 11.3. The average Bonchev–Trinajstić information content (AvgIpc) is 2.50. The molecule has 1 rings (SSSR count). The summed E-state index contributed by atoms with van der Waals surface area (Å²) < 4.78 is 0. The molecular formula is C16H25ClN4OS. The molecule has 0 aromatic heterocycles. The van der Waals surface area contributed by atoms with Crippen LogP contribution >= 0.6 is 23.4 Å². The third-order valence-electron chi connectivity index (χ3n) is 3.12. The summed E-state index contributed by atoms with van der Waals surface area (Å²) >= 11 is 7.60. The van der Waals surface area contributed by atoms with Gasteiger partial charge in [-0.15, -0.1) is 11.8 Å². The molecule has 0 aliphatic rings. The van der Waals surface area contributed by atoms with Crippen LogP contribution in [-0.4, -0.2) is 37.3 Å². The molecular weight excluding hydrogens is 332 g/mol. The highest BCUT2D eigenvalue weighted by molar-refractivity contribution is 7.99. The molecule has 5 nitrogen and oxygen atoms in total. The molecule has 0 radical (unpaired) electrons. The van der Waals surface area contributed by atoms with Crippen molar-refractivity contribution in [1.29, 1.82) is 0 Å². The summed E-state index contributed by atoms with van der Waals surface area (Å²) in [7, 11) is 0. The molecule has 1 amide bonds. The second kappa shape index (κ2) is 9.67. The van der Waals surface area contributed by atoms with Crippen molar-refractivity contribution in [2.75, 3.05) is 25.4 Å². The van der Waals surface area contributed by atoms with Crippen LogP contribution in [0.15, 0.2) is 34.2 Å². The molecule has 0 saturated carbocycles. The predicted octanol–water partition coefficient (Wildman–Crippen LogP) is 2.50. The number of nitrogens with two attached hydrogens (primary N) is 1. The number of amides is 1. The molecule has 1 aromatic rings. The molecule has 0 aliphatic carbocycles. The third-order valence-corrected chi connectivity index (χ3v) is 4.39. The van der Waals surface area contributed by atoms with E-state index in [1.54, 1.807) is 25.6 Å². The SMILES string of the molecule is CCNC(=NCC(C)(C)C(N)=O)NCCSc1ccc(Cl)cc1. The van der Waals surface area contributed by atoms with E-state index in [1.165, 1.54) is 4.90 Å². The average molecular weight is 357 g/mol. The Kier molecular flexibility index (Phi) is 8.26. The summed E-state index contributed by atoms with van der Waals surface area (Å²) in [6.45, 7) is 7.45. The number of aliphatic imine (C=N–C) groups is 1. The fourth-order valence-electron chi connectivity index (χ4n) is 1.57. The van der Waals surface area contributed by atoms with E-state index in [0.717, 1.165) is 23.9 Å². The number of guanidine groups is 1. The van der Waals surface area contributed by atoms with Crippen molar-refractivity contribution in [2.45, 2.75) is 25.7 Å². The minimum Gasteiger partial charge on any atom is -0.369 e. The van der Waals surface area contributed by atoms with Gasteiger partial charge in [-0.2, -0.15) is 0 Å². The zero-order valence-corrected chi connectivity index (χ0v) is 15.4. The van der Waals surface area contributed by atoms with Gasteiger partial charge in [0.05, 0.1) is 12.0 Å². The van der Waals surface area contributed by atoms with Crippen LogP contribution in [0.1, 0.15) is 20.8 Å². The first-order valence-corrected chi connectivity index (χ1v) is 8.92. The molecule has 7 heteroatoms. The number of thioether (sulfide) groups is 1. The van der Waals surface area contributed by atoms with Crippen molar-refractivity contribution >= 4 is 35.2 Å². The Balaban J connectivity index is 2.43. The van der Waals surface area contributed by atoms with E-state index < -0.39 is 5.41 Å². The summed E-state index contributed by atoms with van der Waals surface area (Å²) in [5.74, 6) is 1.24. The van der Waals surface area contributed by atoms with Gasteiger partial charge in [-0.1, -0.05) is 11.6 Å². The van der Waals surface area contributed by atoms with E-state index >= 15 is 0 Å². The minimum absolute atomic E-state index is 0.349. The predicted molar refractivity (Wildman–Crippen MR) is 99.1 cm³/mol. The second-order valence-corrected chi connectivity index (χ2v) is 7.28. The topological polar surface area (TPSA) is 79.5 Å². The molecule has 1 aromatic carbocycles. The van der Waals surface area contributed by atoms with E-state index in [0.29, 0.717) is 12.5 Å². The van der Waals surface area contributed by atoms with Gasteiger partial charge in [-0.25, -0.2) is 0 Å². The van der Waals surface area contributed by atoms with Crippen molar-refractivity contribution in [3.05, 3.63) is 29.3 Å². The number of nitrogens with zero attached hydrogens (tertiary/aromatic N) is 1. The third kappa shape index (κ3) is 7.61. The maximum Gasteiger partial charge on any atom is 0.224 e. The number of carbonyl (C=O) groups excluding carboxylic acids is 1. The molecule has 128 valence electrons. The van der Waals surface area contributed by atoms with Crippen LogP contribution in [0.3, 0.4) is 0 Å². The van der Waals surface area contributed by atoms with E-state index in [2.05, 4.69) is 15.6 Å². The van der Waals surface area contributed by atoms with Gasteiger partial charge in [0.25, 0.3) is 0 Å². The molecule has 0 aliphatic heterocycles. The van der Waals surface area contributed by atoms with E-state index in [-0.39, 0.29) is 5.91 Å². The highest BCUT2D eigenvalue weighted by Crippen LogP contribution is 2.19. The monoisotopic (exact) mass is 356 g/mol. The van der Waals surface area contributed by atoms with Gasteiger partial charge < -0.3 is 16.4 Å². The maximum absolute atomic E-state index is 11.3. The Bertz CT molecular complexity index is 531. The second-order valence-electron chi connectivity index (χ2n) is 5.67. The van der Waals surface area contributed by atoms with Gasteiger partial charge in [-0.05, 0) is 45.0 Å². The number of carbonyl (C=O) groups is 1. The molecule has 0 saturated heterocycles. The van der Waals surface area contributed by atoms with Gasteiger partial charge in [-0.3, -0.25) is 9.79 Å². The standard InChI is InChI=1S/C16H25ClN4OS/c1-4-19-15(21-11-16(2,3)14(18)22)20-9-10-23-13-7-5-12(17)6-8-13/h5-8H,4,9-11H2,1-3H3,(H2,18,22)(H2,19,20,21). The highest BCUT2D eigenvalue weighted by atomic mass is 35.5. The Morgan fingerprint density at radius 3 is 2.52 bits per heavy atom. The van der Waals surface area contributed by atoms with Crippen molar-refractivity contribution in [3.8, 4) is 0 Å². The lowest BCUT2D eigenvalue weighted by Gasteiger charge is -2.19. The van der Waals surface area contributed by atoms with Crippen molar-refractivity contribution < 1.29 is 4.79 Å². The first-order valence-electron chi connectivity index (χ1n) is 7.55. The Labute approximate surface area is 147 Å². The Hall–Kier alpha value is -1.40. The summed E-state index contributed by atoms with van der Waals surface area (Å²) in [6, 6.07) is 7.77. The lowest BCUT2D eigenvalue weighted by molar-refractivity contribution is -0.125. The molecule has 0 unspecified atom stereocenters. The molecule has 0 heterocycles. The van der Waals surface area contributed by atoms with Crippen molar-refractivity contribution in [1.82, 2.24) is 10.6 Å². The molecule has 0 fully saturated rings. The molecule has 0 spiro atoms. The van der Waals surface area contributed by atoms with Crippen molar-refractivity contribution in [3.63, 3.8) is 0 Å². The van der Waals surface area contributed by atoms with Crippen molar-refractivity contribution in [2.24, 2.45) is 16.1 Å². The normalized spacial score (nSPS) is 12.1. The van der Waals surface area contributed by atoms with Gasteiger partial charge >= 0.3 is 0 Å². The summed E-state index contributed by atoms with van der Waals surface area (Å²) in [6.07, 6.45) is 0. The molecule has 0 bridgehead atoms. The van der Waals surface area contributed by atoms with E-state index in [1.807, 2.05) is 31.2 Å². The first kappa shape index (κ1) is 19.6. The number of hydrogen-bond donors (Lipinski definition) is 3. The molecule has 0 atom stereocenters. The summed E-state index contributed by atoms with van der Waals surface area (Å²) in [5, 5.41) is 7.16. The van der Waals surface area contributed by atoms with Gasteiger partial charge in [0, 0.05) is 28.8 Å².